The van der Waals surface area contributed by atoms with E-state index in [1.165, 1.54) is 0 Å². The van der Waals surface area contributed by atoms with E-state index in [4.69, 9.17) is 19.9 Å². The average Bonchev–Trinajstić information content (AvgIpc) is 4.05. The molecule has 0 N–H and O–H groups in total. The van der Waals surface area contributed by atoms with E-state index in [9.17, 15) is 0 Å². The Balaban J connectivity index is 1.14. The van der Waals surface area contributed by atoms with Crippen molar-refractivity contribution in [2.24, 2.45) is 0 Å². The van der Waals surface area contributed by atoms with Gasteiger partial charge in [0.25, 0.3) is 0 Å². The minimum atomic E-state index is 0.512. The van der Waals surface area contributed by atoms with Crippen molar-refractivity contribution in [1.29, 1.82) is 0 Å². The lowest BCUT2D eigenvalue weighted by molar-refractivity contribution is 0.893. The number of benzene rings is 9. The molecule has 65 heavy (non-hydrogen) atoms. The van der Waals surface area contributed by atoms with E-state index in [1.807, 2.05) is 12.1 Å². The molecule has 304 valence electrons. The summed E-state index contributed by atoms with van der Waals surface area (Å²) in [6.07, 6.45) is 0. The van der Waals surface area contributed by atoms with Crippen LogP contribution in [0, 0.1) is 0 Å². The van der Waals surface area contributed by atoms with Gasteiger partial charge in [-0.1, -0.05) is 176 Å². The van der Waals surface area contributed by atoms with E-state index in [-0.39, 0.29) is 0 Å². The zero-order valence-electron chi connectivity index (χ0n) is 35.0. The van der Waals surface area contributed by atoms with Gasteiger partial charge in [0.05, 0.1) is 33.1 Å². The van der Waals surface area contributed by atoms with Crippen LogP contribution in [0.5, 0.6) is 0 Å². The van der Waals surface area contributed by atoms with Gasteiger partial charge in [-0.05, 0) is 70.8 Å². The molecule has 9 aromatic carbocycles. The number of nitrogens with zero attached hydrogens (tertiary/aromatic N) is 7. The summed E-state index contributed by atoms with van der Waals surface area (Å²) in [6.45, 7) is 0. The number of imidazole rings is 1. The smallest absolute Gasteiger partial charge is 0.240 e. The number of aromatic nitrogens is 7. The summed E-state index contributed by atoms with van der Waals surface area (Å²) in [5.41, 5.74) is 13.3. The Bertz CT molecular complexity index is 3760. The van der Waals surface area contributed by atoms with Gasteiger partial charge in [0.1, 0.15) is 5.82 Å². The Morgan fingerprint density at radius 3 is 1.28 bits per heavy atom. The third-order valence-corrected chi connectivity index (χ3v) is 12.6. The Labute approximate surface area is 373 Å². The lowest BCUT2D eigenvalue weighted by Gasteiger charge is -2.15. The van der Waals surface area contributed by atoms with Crippen LogP contribution in [0.1, 0.15) is 0 Å². The highest BCUT2D eigenvalue weighted by molar-refractivity contribution is 6.17. The molecule has 0 saturated heterocycles. The molecule has 0 amide bonds. The normalized spacial score (nSPS) is 11.7. The van der Waals surface area contributed by atoms with Gasteiger partial charge in [-0.2, -0.15) is 15.0 Å². The van der Waals surface area contributed by atoms with Gasteiger partial charge in [0.2, 0.25) is 11.9 Å². The van der Waals surface area contributed by atoms with E-state index in [0.717, 1.165) is 99.5 Å². The van der Waals surface area contributed by atoms with Crippen molar-refractivity contribution in [1.82, 2.24) is 33.6 Å². The third kappa shape index (κ3) is 5.83. The zero-order chi connectivity index (χ0) is 42.8. The van der Waals surface area contributed by atoms with Crippen LogP contribution in [0.25, 0.3) is 117 Å². The van der Waals surface area contributed by atoms with Crippen LogP contribution in [0.15, 0.2) is 224 Å². The van der Waals surface area contributed by atoms with Crippen LogP contribution in [-0.4, -0.2) is 33.6 Å². The van der Waals surface area contributed by atoms with E-state index < -0.39 is 0 Å². The molecule has 0 atom stereocenters. The highest BCUT2D eigenvalue weighted by Gasteiger charge is 2.25. The van der Waals surface area contributed by atoms with Crippen molar-refractivity contribution in [3.05, 3.63) is 224 Å². The van der Waals surface area contributed by atoms with Crippen LogP contribution in [0.3, 0.4) is 0 Å². The van der Waals surface area contributed by atoms with E-state index in [0.29, 0.717) is 17.7 Å². The maximum absolute atomic E-state index is 5.53. The molecule has 0 aliphatic heterocycles. The maximum Gasteiger partial charge on any atom is 0.240 e. The molecule has 0 aliphatic carbocycles. The molecule has 7 nitrogen and oxygen atoms in total. The molecular formula is C58H37N7. The molecule has 13 rings (SSSR count). The number of hydrogen-bond acceptors (Lipinski definition) is 4. The second-order valence-electron chi connectivity index (χ2n) is 16.2. The van der Waals surface area contributed by atoms with Crippen molar-refractivity contribution < 1.29 is 0 Å². The lowest BCUT2D eigenvalue weighted by atomic mass is 9.99. The SMILES string of the molecule is c1ccc(-c2cccc3c2c2ccccc2n3-c2nc(-c3ccccc3-c3nc4ccccc4n3-c3ccccc3)nc(-n3c4ccccc4c4c(-c5ccccc5)cccc43)n2)cc1. The Morgan fingerprint density at radius 1 is 0.277 bits per heavy atom. The molecule has 4 heterocycles. The third-order valence-electron chi connectivity index (χ3n) is 12.6. The summed E-state index contributed by atoms with van der Waals surface area (Å²) in [4.78, 5) is 21.9. The molecule has 4 aromatic heterocycles. The first-order valence-electron chi connectivity index (χ1n) is 21.8. The summed E-state index contributed by atoms with van der Waals surface area (Å²) in [5, 5.41) is 4.51. The van der Waals surface area contributed by atoms with Crippen molar-refractivity contribution in [2.45, 2.75) is 0 Å². The maximum atomic E-state index is 5.53. The number of hydrogen-bond donors (Lipinski definition) is 0. The first-order chi connectivity index (χ1) is 32.3. The van der Waals surface area contributed by atoms with Gasteiger partial charge in [-0.25, -0.2) is 4.98 Å². The summed E-state index contributed by atoms with van der Waals surface area (Å²) < 4.78 is 6.64. The first kappa shape index (κ1) is 36.7. The average molecular weight is 832 g/mol. The van der Waals surface area contributed by atoms with Crippen LogP contribution >= 0.6 is 0 Å². The van der Waals surface area contributed by atoms with Gasteiger partial charge in [-0.15, -0.1) is 0 Å². The quantitative estimate of drug-likeness (QED) is 0.160. The molecule has 13 aromatic rings. The highest BCUT2D eigenvalue weighted by atomic mass is 15.3. The van der Waals surface area contributed by atoms with Crippen LogP contribution in [-0.2, 0) is 0 Å². The summed E-state index contributed by atoms with van der Waals surface area (Å²) in [5.74, 6) is 2.35. The molecule has 0 radical (unpaired) electrons. The number of para-hydroxylation sites is 5. The fourth-order valence-electron chi connectivity index (χ4n) is 9.78. The summed E-state index contributed by atoms with van der Waals surface area (Å²) in [7, 11) is 0. The van der Waals surface area contributed by atoms with Crippen molar-refractivity contribution in [2.75, 3.05) is 0 Å². The summed E-state index contributed by atoms with van der Waals surface area (Å²) >= 11 is 0. The Hall–Kier alpha value is -8.94. The predicted octanol–water partition coefficient (Wildman–Crippen LogP) is 14.1. The van der Waals surface area contributed by atoms with E-state index in [1.54, 1.807) is 0 Å². The molecule has 7 heteroatoms. The minimum absolute atomic E-state index is 0.512. The van der Waals surface area contributed by atoms with Crippen LogP contribution in [0.2, 0.25) is 0 Å². The van der Waals surface area contributed by atoms with E-state index in [2.05, 4.69) is 226 Å². The molecule has 0 saturated carbocycles. The molecule has 0 fully saturated rings. The van der Waals surface area contributed by atoms with Crippen LogP contribution in [0.4, 0.5) is 0 Å². The predicted molar refractivity (Wildman–Crippen MR) is 265 cm³/mol. The molecule has 0 bridgehead atoms. The molecular weight excluding hydrogens is 795 g/mol. The van der Waals surface area contributed by atoms with Gasteiger partial charge in [0.15, 0.2) is 5.82 Å². The van der Waals surface area contributed by atoms with Gasteiger partial charge < -0.3 is 0 Å². The monoisotopic (exact) mass is 831 g/mol. The minimum Gasteiger partial charge on any atom is -0.292 e. The van der Waals surface area contributed by atoms with E-state index >= 15 is 0 Å². The summed E-state index contributed by atoms with van der Waals surface area (Å²) in [6, 6.07) is 78.4. The molecule has 0 aliphatic rings. The Morgan fingerprint density at radius 2 is 0.708 bits per heavy atom. The van der Waals surface area contributed by atoms with Gasteiger partial charge in [-0.3, -0.25) is 13.7 Å². The van der Waals surface area contributed by atoms with Crippen molar-refractivity contribution >= 4 is 54.6 Å². The topological polar surface area (TPSA) is 66.3 Å². The Kier molecular flexibility index (Phi) is 8.39. The lowest BCUT2D eigenvalue weighted by Crippen LogP contribution is -2.11. The highest BCUT2D eigenvalue weighted by Crippen LogP contribution is 2.42. The first-order valence-corrected chi connectivity index (χ1v) is 21.8. The second kappa shape index (κ2) is 14.9. The number of fused-ring (bicyclic) bond motifs is 7. The standard InChI is InChI=1S/C58H37N7/c1-4-20-38(21-5-1)41-30-18-36-51-53(41)45-28-12-15-33-48(45)64(51)57-60-55(43-26-10-11-27-44(43)56-59-47-32-14-17-35-50(47)63(56)40-24-8-3-9-25-40)61-58(62-57)65-49-34-16-13-29-46(49)54-42(31-19-37-52(54)65)39-22-6-2-7-23-39/h1-37H. The second-order valence-corrected chi connectivity index (χ2v) is 16.2. The van der Waals surface area contributed by atoms with Gasteiger partial charge >= 0.3 is 0 Å². The zero-order valence-corrected chi connectivity index (χ0v) is 35.0. The van der Waals surface area contributed by atoms with Gasteiger partial charge in [0, 0.05) is 38.4 Å². The fourth-order valence-corrected chi connectivity index (χ4v) is 9.78. The van der Waals surface area contributed by atoms with Crippen molar-refractivity contribution in [3.8, 4) is 62.6 Å². The van der Waals surface area contributed by atoms with Crippen molar-refractivity contribution in [3.63, 3.8) is 0 Å². The molecule has 0 unspecified atom stereocenters. The van der Waals surface area contributed by atoms with Crippen LogP contribution < -0.4 is 0 Å². The molecule has 0 spiro atoms. The largest absolute Gasteiger partial charge is 0.292 e. The number of rotatable bonds is 7. The fraction of sp³-hybridized carbons (Fsp3) is 0.